The van der Waals surface area contributed by atoms with E-state index in [1.54, 1.807) is 0 Å². The summed E-state index contributed by atoms with van der Waals surface area (Å²) in [4.78, 5) is 0. The number of rotatable bonds is 3. The fourth-order valence-electron chi connectivity index (χ4n) is 2.41. The molecule has 0 spiro atoms. The highest BCUT2D eigenvalue weighted by molar-refractivity contribution is 5.50. The van der Waals surface area contributed by atoms with Gasteiger partial charge in [-0.05, 0) is 46.3 Å². The lowest BCUT2D eigenvalue weighted by molar-refractivity contribution is 0.422. The monoisotopic (exact) mass is 275 g/mol. The summed E-state index contributed by atoms with van der Waals surface area (Å²) in [6, 6.07) is 4.37. The molecule has 0 atom stereocenters. The summed E-state index contributed by atoms with van der Waals surface area (Å²) in [5.41, 5.74) is 3.35. The van der Waals surface area contributed by atoms with Gasteiger partial charge in [0.25, 0.3) is 0 Å². The molecular weight excluding hydrogens is 244 g/mol. The van der Waals surface area contributed by atoms with Crippen LogP contribution in [0.2, 0.25) is 0 Å². The van der Waals surface area contributed by atoms with Gasteiger partial charge >= 0.3 is 0 Å². The van der Waals surface area contributed by atoms with Crippen molar-refractivity contribution in [2.24, 2.45) is 0 Å². The van der Waals surface area contributed by atoms with Crippen LogP contribution in [0.3, 0.4) is 0 Å². The van der Waals surface area contributed by atoms with Gasteiger partial charge in [-0.3, -0.25) is 0 Å². The van der Waals surface area contributed by atoms with Crippen molar-refractivity contribution in [3.05, 3.63) is 34.7 Å². The predicted octanol–water partition coefficient (Wildman–Crippen LogP) is 5.53. The Labute approximate surface area is 125 Å². The molecule has 113 valence electrons. The highest BCUT2D eigenvalue weighted by atomic mass is 16.3. The van der Waals surface area contributed by atoms with Crippen LogP contribution in [0.15, 0.2) is 12.1 Å². The molecule has 1 aromatic carbocycles. The fourth-order valence-corrected chi connectivity index (χ4v) is 2.41. The normalized spacial score (nSPS) is 13.1. The Morgan fingerprint density at radius 2 is 1.35 bits per heavy atom. The molecule has 1 N–H and O–H groups in total. The lowest BCUT2D eigenvalue weighted by atomic mass is 9.77. The molecule has 0 aliphatic heterocycles. The summed E-state index contributed by atoms with van der Waals surface area (Å²) in [5.74, 6) is 1.96. The van der Waals surface area contributed by atoms with Gasteiger partial charge in [0.2, 0.25) is 0 Å². The van der Waals surface area contributed by atoms with Crippen LogP contribution in [0.25, 0.3) is 0 Å². The second-order valence-corrected chi connectivity index (χ2v) is 8.03. The maximum absolute atomic E-state index is 10.7. The second kappa shape index (κ2) is 5.79. The molecule has 0 saturated carbocycles. The molecular formula is C19H31O. The van der Waals surface area contributed by atoms with Gasteiger partial charge in [0.15, 0.2) is 0 Å². The fraction of sp³-hybridized carbons (Fsp3) is 0.632. The number of phenolic OH excluding ortho intramolecular Hbond substituents is 1. The first kappa shape index (κ1) is 17.1. The van der Waals surface area contributed by atoms with E-state index < -0.39 is 0 Å². The molecule has 0 aromatic heterocycles. The van der Waals surface area contributed by atoms with Crippen molar-refractivity contribution >= 4 is 0 Å². The average molecular weight is 275 g/mol. The summed E-state index contributed by atoms with van der Waals surface area (Å²) in [7, 11) is 0. The molecule has 1 heteroatoms. The van der Waals surface area contributed by atoms with E-state index in [1.807, 2.05) is 0 Å². The van der Waals surface area contributed by atoms with Gasteiger partial charge in [0.1, 0.15) is 5.75 Å². The van der Waals surface area contributed by atoms with Gasteiger partial charge in [0, 0.05) is 0 Å². The van der Waals surface area contributed by atoms with E-state index >= 15 is 0 Å². The standard InChI is InChI=1S/C19H31O/c1-9-13(2)10-14-11-15(18(3,4)5)17(20)16(12-14)19(6,7)8/h11-12,20H,9-10H2,1-8H3. The Bertz CT molecular complexity index is 423. The maximum atomic E-state index is 10.7. The summed E-state index contributed by atoms with van der Waals surface area (Å²) in [6.07, 6.45) is 2.11. The molecule has 0 amide bonds. The van der Waals surface area contributed by atoms with Crippen LogP contribution in [-0.2, 0) is 17.3 Å². The van der Waals surface area contributed by atoms with Crippen LogP contribution in [0.5, 0.6) is 5.75 Å². The van der Waals surface area contributed by atoms with Crippen LogP contribution in [0, 0.1) is 5.92 Å². The smallest absolute Gasteiger partial charge is 0.123 e. The van der Waals surface area contributed by atoms with Crippen LogP contribution in [0.1, 0.15) is 78.5 Å². The zero-order valence-electron chi connectivity index (χ0n) is 14.5. The first-order valence-corrected chi connectivity index (χ1v) is 7.65. The van der Waals surface area contributed by atoms with Crippen molar-refractivity contribution < 1.29 is 5.11 Å². The summed E-state index contributed by atoms with van der Waals surface area (Å²) in [6.45, 7) is 17.4. The first-order chi connectivity index (χ1) is 8.96. The van der Waals surface area contributed by atoms with E-state index in [-0.39, 0.29) is 10.8 Å². The van der Waals surface area contributed by atoms with Gasteiger partial charge in [-0.15, -0.1) is 0 Å². The van der Waals surface area contributed by atoms with Crippen molar-refractivity contribution in [3.63, 3.8) is 0 Å². The zero-order valence-corrected chi connectivity index (χ0v) is 14.5. The Balaban J connectivity index is 3.42. The van der Waals surface area contributed by atoms with Gasteiger partial charge in [0.05, 0.1) is 0 Å². The first-order valence-electron chi connectivity index (χ1n) is 7.65. The van der Waals surface area contributed by atoms with E-state index in [1.165, 1.54) is 11.5 Å². The Morgan fingerprint density at radius 1 is 0.950 bits per heavy atom. The summed E-state index contributed by atoms with van der Waals surface area (Å²) < 4.78 is 0. The largest absolute Gasteiger partial charge is 0.507 e. The van der Waals surface area contributed by atoms with Gasteiger partial charge in [-0.2, -0.15) is 0 Å². The van der Waals surface area contributed by atoms with Crippen LogP contribution in [0.4, 0.5) is 0 Å². The summed E-state index contributed by atoms with van der Waals surface area (Å²) >= 11 is 0. The van der Waals surface area contributed by atoms with Crippen molar-refractivity contribution in [1.82, 2.24) is 0 Å². The number of hydrogen-bond acceptors (Lipinski definition) is 1. The minimum atomic E-state index is -0.0415. The Hall–Kier alpha value is -0.980. The number of hydrogen-bond donors (Lipinski definition) is 1. The quantitative estimate of drug-likeness (QED) is 0.768. The average Bonchev–Trinajstić information content (AvgIpc) is 2.28. The minimum Gasteiger partial charge on any atom is -0.507 e. The number of aromatic hydroxyl groups is 1. The molecule has 0 aliphatic rings. The Kier molecular flexibility index (Phi) is 4.94. The highest BCUT2D eigenvalue weighted by Crippen LogP contribution is 2.40. The van der Waals surface area contributed by atoms with E-state index in [4.69, 9.17) is 0 Å². The number of benzene rings is 1. The topological polar surface area (TPSA) is 20.2 Å². The van der Waals surface area contributed by atoms with Crippen LogP contribution < -0.4 is 0 Å². The van der Waals surface area contributed by atoms with Gasteiger partial charge < -0.3 is 5.11 Å². The molecule has 20 heavy (non-hydrogen) atoms. The van der Waals surface area contributed by atoms with Crippen molar-refractivity contribution in [2.75, 3.05) is 0 Å². The van der Waals surface area contributed by atoms with E-state index in [9.17, 15) is 5.11 Å². The third-order valence-electron chi connectivity index (χ3n) is 3.90. The van der Waals surface area contributed by atoms with Gasteiger partial charge in [-0.25, -0.2) is 0 Å². The van der Waals surface area contributed by atoms with Gasteiger partial charge in [-0.1, -0.05) is 67.5 Å². The lowest BCUT2D eigenvalue weighted by Crippen LogP contribution is -2.18. The lowest BCUT2D eigenvalue weighted by Gasteiger charge is -2.28. The number of phenols is 1. The third kappa shape index (κ3) is 4.01. The predicted molar refractivity (Wildman–Crippen MR) is 88.4 cm³/mol. The molecule has 0 bridgehead atoms. The molecule has 1 aromatic rings. The van der Waals surface area contributed by atoms with E-state index in [0.717, 1.165) is 24.0 Å². The molecule has 0 fully saturated rings. The minimum absolute atomic E-state index is 0.0415. The zero-order chi connectivity index (χ0) is 15.7. The SMILES string of the molecule is CC[C](C)Cc1cc(C(C)(C)C)c(O)c(C(C)(C)C)c1. The molecule has 0 aliphatic carbocycles. The van der Waals surface area contributed by atoms with E-state index in [0.29, 0.717) is 5.75 Å². The Morgan fingerprint density at radius 3 is 1.65 bits per heavy atom. The maximum Gasteiger partial charge on any atom is 0.123 e. The summed E-state index contributed by atoms with van der Waals surface area (Å²) in [5, 5.41) is 10.7. The van der Waals surface area contributed by atoms with E-state index in [2.05, 4.69) is 67.5 Å². The molecule has 1 radical (unpaired) electrons. The molecule has 1 rings (SSSR count). The second-order valence-electron chi connectivity index (χ2n) is 8.03. The van der Waals surface area contributed by atoms with Crippen LogP contribution >= 0.6 is 0 Å². The molecule has 0 heterocycles. The molecule has 1 nitrogen and oxygen atoms in total. The molecule has 0 saturated heterocycles. The molecule has 0 unspecified atom stereocenters. The van der Waals surface area contributed by atoms with Crippen molar-refractivity contribution in [2.45, 2.75) is 79.1 Å². The highest BCUT2D eigenvalue weighted by Gasteiger charge is 2.26. The third-order valence-corrected chi connectivity index (χ3v) is 3.90. The van der Waals surface area contributed by atoms with Crippen molar-refractivity contribution in [3.8, 4) is 5.75 Å². The van der Waals surface area contributed by atoms with Crippen LogP contribution in [-0.4, -0.2) is 5.11 Å². The van der Waals surface area contributed by atoms with Crippen molar-refractivity contribution in [1.29, 1.82) is 0 Å².